The molecule has 0 radical (unpaired) electrons. The Morgan fingerprint density at radius 2 is 1.69 bits per heavy atom. The van der Waals surface area contributed by atoms with Gasteiger partial charge in [-0.2, -0.15) is 0 Å². The Labute approximate surface area is 165 Å². The van der Waals surface area contributed by atoms with Gasteiger partial charge in [0, 0.05) is 11.0 Å². The lowest BCUT2D eigenvalue weighted by Crippen LogP contribution is -1.76. The maximum absolute atomic E-state index is 5.92. The van der Waals surface area contributed by atoms with Gasteiger partial charge in [0.15, 0.2) is 5.09 Å². The number of hydrogen-bond acceptors (Lipinski definition) is 3. The van der Waals surface area contributed by atoms with Crippen molar-refractivity contribution in [1.29, 1.82) is 0 Å². The van der Waals surface area contributed by atoms with E-state index in [9.17, 15) is 0 Å². The van der Waals surface area contributed by atoms with Gasteiger partial charge in [0.1, 0.15) is 5.76 Å². The average molecular weight is 422 g/mol. The Bertz CT molecular complexity index is 1080. The monoisotopic (exact) mass is 421 g/mol. The lowest BCUT2D eigenvalue weighted by Gasteiger charge is -1.99. The molecule has 0 amide bonds. The van der Waals surface area contributed by atoms with Crippen molar-refractivity contribution in [3.05, 3.63) is 88.6 Å². The minimum absolute atomic E-state index is 0.722. The van der Waals surface area contributed by atoms with E-state index in [1.165, 1.54) is 16.3 Å². The third-order valence-electron chi connectivity index (χ3n) is 3.98. The molecule has 0 unspecified atom stereocenters. The predicted octanol–water partition coefficient (Wildman–Crippen LogP) is 7.41. The van der Waals surface area contributed by atoms with Crippen LogP contribution in [-0.2, 0) is 0 Å². The van der Waals surface area contributed by atoms with E-state index in [0.29, 0.717) is 0 Å². The molecule has 2 nitrogen and oxygen atoms in total. The second kappa shape index (κ2) is 7.52. The number of rotatable bonds is 4. The highest BCUT2D eigenvalue weighted by Gasteiger charge is 2.09. The Morgan fingerprint density at radius 1 is 0.923 bits per heavy atom. The van der Waals surface area contributed by atoms with Gasteiger partial charge in [0.05, 0.1) is 16.4 Å². The van der Waals surface area contributed by atoms with Crippen molar-refractivity contribution in [1.82, 2.24) is 0 Å². The molecule has 3 aromatic carbocycles. The minimum Gasteiger partial charge on any atom is -0.447 e. The van der Waals surface area contributed by atoms with E-state index >= 15 is 0 Å². The Morgan fingerprint density at radius 3 is 2.50 bits per heavy atom. The quantitative estimate of drug-likeness (QED) is 0.320. The molecule has 26 heavy (non-hydrogen) atoms. The second-order valence-corrected chi connectivity index (χ2v) is 7.89. The van der Waals surface area contributed by atoms with Crippen LogP contribution in [0.4, 0.5) is 5.69 Å². The number of furan rings is 1. The summed E-state index contributed by atoms with van der Waals surface area (Å²) in [7, 11) is 0. The van der Waals surface area contributed by atoms with Crippen molar-refractivity contribution < 1.29 is 4.42 Å². The number of nitrogens with zero attached hydrogens (tertiary/aromatic N) is 1. The molecular formula is C22H16BrNOS. The molecule has 0 bridgehead atoms. The van der Waals surface area contributed by atoms with Gasteiger partial charge >= 0.3 is 0 Å². The topological polar surface area (TPSA) is 25.5 Å². The molecule has 4 rings (SSSR count). The molecule has 4 aromatic rings. The molecule has 0 saturated carbocycles. The van der Waals surface area contributed by atoms with Crippen LogP contribution in [0, 0.1) is 6.92 Å². The first-order chi connectivity index (χ1) is 12.7. The summed E-state index contributed by atoms with van der Waals surface area (Å²) in [6.07, 6.45) is 1.76. The first kappa shape index (κ1) is 17.1. The average Bonchev–Trinajstić information content (AvgIpc) is 3.01. The van der Waals surface area contributed by atoms with Crippen LogP contribution in [0.3, 0.4) is 0 Å². The first-order valence-electron chi connectivity index (χ1n) is 8.24. The zero-order valence-corrected chi connectivity index (χ0v) is 16.5. The van der Waals surface area contributed by atoms with Crippen LogP contribution in [0.25, 0.3) is 10.8 Å². The van der Waals surface area contributed by atoms with Crippen LogP contribution >= 0.6 is 27.7 Å². The van der Waals surface area contributed by atoms with Gasteiger partial charge in [-0.05, 0) is 57.9 Å². The Hall–Kier alpha value is -2.30. The normalized spacial score (nSPS) is 11.5. The standard InChI is InChI=1S/C22H16BrNOS/c1-15-6-10-20(11-7-15)26-22-21(23)13-19(25-22)14-24-18-9-8-16-4-2-3-5-17(16)12-18/h2-14H,1H3. The van der Waals surface area contributed by atoms with Gasteiger partial charge < -0.3 is 4.42 Å². The summed E-state index contributed by atoms with van der Waals surface area (Å²) >= 11 is 5.16. The van der Waals surface area contributed by atoms with E-state index in [2.05, 4.69) is 76.4 Å². The molecule has 0 saturated heterocycles. The molecule has 128 valence electrons. The fourth-order valence-corrected chi connectivity index (χ4v) is 3.94. The molecule has 0 aliphatic carbocycles. The molecule has 0 fully saturated rings. The molecule has 1 heterocycles. The van der Waals surface area contributed by atoms with E-state index in [-0.39, 0.29) is 0 Å². The molecule has 0 atom stereocenters. The lowest BCUT2D eigenvalue weighted by molar-refractivity contribution is 0.466. The van der Waals surface area contributed by atoms with Crippen molar-refractivity contribution in [2.75, 3.05) is 0 Å². The van der Waals surface area contributed by atoms with Crippen molar-refractivity contribution in [2.45, 2.75) is 16.9 Å². The van der Waals surface area contributed by atoms with Gasteiger partial charge in [-0.25, -0.2) is 0 Å². The molecular weight excluding hydrogens is 406 g/mol. The highest BCUT2D eigenvalue weighted by Crippen LogP contribution is 2.35. The summed E-state index contributed by atoms with van der Waals surface area (Å²) in [6.45, 7) is 2.08. The number of hydrogen-bond donors (Lipinski definition) is 0. The maximum atomic E-state index is 5.92. The van der Waals surface area contributed by atoms with Crippen LogP contribution in [0.1, 0.15) is 11.3 Å². The van der Waals surface area contributed by atoms with Gasteiger partial charge in [0.25, 0.3) is 0 Å². The van der Waals surface area contributed by atoms with Gasteiger partial charge in [0.2, 0.25) is 0 Å². The van der Waals surface area contributed by atoms with Crippen molar-refractivity contribution in [2.24, 2.45) is 4.99 Å². The number of aryl methyl sites for hydroxylation is 1. The number of fused-ring (bicyclic) bond motifs is 1. The first-order valence-corrected chi connectivity index (χ1v) is 9.85. The number of benzene rings is 3. The zero-order valence-electron chi connectivity index (χ0n) is 14.1. The van der Waals surface area contributed by atoms with Crippen LogP contribution in [0.15, 0.2) is 96.7 Å². The maximum Gasteiger partial charge on any atom is 0.179 e. The van der Waals surface area contributed by atoms with Crippen molar-refractivity contribution in [3.8, 4) is 0 Å². The summed E-state index contributed by atoms with van der Waals surface area (Å²) in [5.74, 6) is 0.722. The molecule has 1 aromatic heterocycles. The Balaban J connectivity index is 1.54. The van der Waals surface area contributed by atoms with Crippen LogP contribution < -0.4 is 0 Å². The number of halogens is 1. The summed E-state index contributed by atoms with van der Waals surface area (Å²) in [4.78, 5) is 5.69. The summed E-state index contributed by atoms with van der Waals surface area (Å²) < 4.78 is 6.86. The van der Waals surface area contributed by atoms with Gasteiger partial charge in [-0.15, -0.1) is 0 Å². The Kier molecular flexibility index (Phi) is 4.96. The largest absolute Gasteiger partial charge is 0.447 e. The van der Waals surface area contributed by atoms with E-state index < -0.39 is 0 Å². The molecule has 4 heteroatoms. The number of aliphatic imine (C=N–C) groups is 1. The molecule has 0 aliphatic rings. The van der Waals surface area contributed by atoms with E-state index in [0.717, 1.165) is 25.9 Å². The smallest absolute Gasteiger partial charge is 0.179 e. The van der Waals surface area contributed by atoms with Gasteiger partial charge in [-0.3, -0.25) is 4.99 Å². The third kappa shape index (κ3) is 3.92. The van der Waals surface area contributed by atoms with Crippen molar-refractivity contribution >= 4 is 50.4 Å². The SMILES string of the molecule is Cc1ccc(Sc2oc(C=Nc3ccc4ccccc4c3)cc2Br)cc1. The predicted molar refractivity (Wildman–Crippen MR) is 113 cm³/mol. The van der Waals surface area contributed by atoms with E-state index in [1.807, 2.05) is 24.3 Å². The highest BCUT2D eigenvalue weighted by molar-refractivity contribution is 9.10. The minimum atomic E-state index is 0.722. The summed E-state index contributed by atoms with van der Waals surface area (Å²) in [6, 6.07) is 24.8. The molecule has 0 spiro atoms. The van der Waals surface area contributed by atoms with Gasteiger partial charge in [-0.1, -0.05) is 59.8 Å². The van der Waals surface area contributed by atoms with Crippen LogP contribution in [-0.4, -0.2) is 6.21 Å². The van der Waals surface area contributed by atoms with E-state index in [1.54, 1.807) is 18.0 Å². The fraction of sp³-hybridized carbons (Fsp3) is 0.0455. The lowest BCUT2D eigenvalue weighted by atomic mass is 10.1. The summed E-state index contributed by atoms with van der Waals surface area (Å²) in [5.41, 5.74) is 2.15. The highest BCUT2D eigenvalue weighted by atomic mass is 79.9. The van der Waals surface area contributed by atoms with Crippen LogP contribution in [0.2, 0.25) is 0 Å². The molecule has 0 aliphatic heterocycles. The van der Waals surface area contributed by atoms with Crippen LogP contribution in [0.5, 0.6) is 0 Å². The third-order valence-corrected chi connectivity index (χ3v) is 5.83. The molecule has 0 N–H and O–H groups in total. The second-order valence-electron chi connectivity index (χ2n) is 5.99. The zero-order chi connectivity index (χ0) is 17.9. The van der Waals surface area contributed by atoms with E-state index in [4.69, 9.17) is 4.42 Å². The van der Waals surface area contributed by atoms with Crippen molar-refractivity contribution in [3.63, 3.8) is 0 Å². The fourth-order valence-electron chi connectivity index (χ4n) is 2.61. The summed E-state index contributed by atoms with van der Waals surface area (Å²) in [5, 5.41) is 3.22.